The molecule has 2 amide bonds. The summed E-state index contributed by atoms with van der Waals surface area (Å²) in [6.45, 7) is 8.70. The second-order valence-corrected chi connectivity index (χ2v) is 8.54. The van der Waals surface area contributed by atoms with Crippen molar-refractivity contribution in [1.82, 2.24) is 0 Å². The van der Waals surface area contributed by atoms with Crippen molar-refractivity contribution in [2.45, 2.75) is 45.6 Å². The fraction of sp³-hybridized carbons (Fsp3) is 0.391. The number of hydrogen-bond acceptors (Lipinski definition) is 3. The van der Waals surface area contributed by atoms with Crippen LogP contribution in [0.5, 0.6) is 0 Å². The predicted molar refractivity (Wildman–Crippen MR) is 115 cm³/mol. The summed E-state index contributed by atoms with van der Waals surface area (Å²) in [5, 5.41) is 2.90. The molecule has 0 bridgehead atoms. The first-order valence-corrected chi connectivity index (χ1v) is 9.69. The van der Waals surface area contributed by atoms with Crippen LogP contribution in [0, 0.1) is 0 Å². The molecular weight excluding hydrogens is 350 g/mol. The van der Waals surface area contributed by atoms with Gasteiger partial charge in [-0.25, -0.2) is 0 Å². The van der Waals surface area contributed by atoms with E-state index in [1.165, 1.54) is 5.56 Å². The van der Waals surface area contributed by atoms with Gasteiger partial charge in [0, 0.05) is 25.2 Å². The molecular formula is C23H29N3O2. The Morgan fingerprint density at radius 2 is 1.79 bits per heavy atom. The average molecular weight is 380 g/mol. The highest BCUT2D eigenvalue weighted by Gasteiger charge is 2.30. The van der Waals surface area contributed by atoms with Crippen LogP contribution in [0.2, 0.25) is 0 Å². The number of amides is 2. The SMILES string of the molecule is C[C@@H]1CC(=O)Nc2ccccc2N1C(=O)CN(C)c1ccc(C(C)(C)C)cc1. The Kier molecular flexibility index (Phi) is 5.45. The minimum absolute atomic E-state index is 0.0288. The van der Waals surface area contributed by atoms with Gasteiger partial charge in [-0.05, 0) is 42.2 Å². The summed E-state index contributed by atoms with van der Waals surface area (Å²) < 4.78 is 0. The molecule has 1 atom stereocenters. The summed E-state index contributed by atoms with van der Waals surface area (Å²) in [7, 11) is 1.92. The van der Waals surface area contributed by atoms with Crippen LogP contribution in [0.25, 0.3) is 0 Å². The highest BCUT2D eigenvalue weighted by atomic mass is 16.2. The van der Waals surface area contributed by atoms with E-state index in [1.807, 2.05) is 43.1 Å². The van der Waals surface area contributed by atoms with Crippen molar-refractivity contribution in [3.63, 3.8) is 0 Å². The summed E-state index contributed by atoms with van der Waals surface area (Å²) in [5.41, 5.74) is 3.78. The number of benzene rings is 2. The predicted octanol–water partition coefficient (Wildman–Crippen LogP) is 4.18. The normalized spacial score (nSPS) is 16.8. The molecule has 148 valence electrons. The van der Waals surface area contributed by atoms with E-state index in [1.54, 1.807) is 4.90 Å². The van der Waals surface area contributed by atoms with Gasteiger partial charge in [0.1, 0.15) is 0 Å². The van der Waals surface area contributed by atoms with E-state index in [0.29, 0.717) is 5.69 Å². The van der Waals surface area contributed by atoms with Gasteiger partial charge < -0.3 is 15.1 Å². The molecule has 0 fully saturated rings. The first-order chi connectivity index (χ1) is 13.2. The lowest BCUT2D eigenvalue weighted by molar-refractivity contribution is -0.118. The average Bonchev–Trinajstić information content (AvgIpc) is 2.75. The van der Waals surface area contributed by atoms with Gasteiger partial charge in [-0.3, -0.25) is 9.59 Å². The molecule has 1 heterocycles. The Morgan fingerprint density at radius 1 is 1.14 bits per heavy atom. The fourth-order valence-electron chi connectivity index (χ4n) is 3.55. The van der Waals surface area contributed by atoms with Crippen LogP contribution < -0.4 is 15.1 Å². The van der Waals surface area contributed by atoms with Crippen molar-refractivity contribution >= 4 is 28.9 Å². The first kappa shape index (κ1) is 19.9. The van der Waals surface area contributed by atoms with Crippen molar-refractivity contribution in [1.29, 1.82) is 0 Å². The molecule has 5 heteroatoms. The standard InChI is InChI=1S/C23H29N3O2/c1-16-14-21(27)24-19-8-6-7-9-20(19)26(16)22(28)15-25(5)18-12-10-17(11-13-18)23(2,3)4/h6-13,16H,14-15H2,1-5H3,(H,24,27)/t16-/m1/s1. The van der Waals surface area contributed by atoms with Crippen molar-refractivity contribution in [2.75, 3.05) is 28.7 Å². The number of carbonyl (C=O) groups excluding carboxylic acids is 2. The molecule has 5 nitrogen and oxygen atoms in total. The molecule has 0 saturated carbocycles. The molecule has 0 unspecified atom stereocenters. The molecule has 1 aliphatic heterocycles. The maximum absolute atomic E-state index is 13.2. The van der Waals surface area contributed by atoms with E-state index >= 15 is 0 Å². The summed E-state index contributed by atoms with van der Waals surface area (Å²) >= 11 is 0. The van der Waals surface area contributed by atoms with E-state index in [0.717, 1.165) is 11.4 Å². The zero-order chi connectivity index (χ0) is 20.5. The van der Waals surface area contributed by atoms with E-state index in [2.05, 4.69) is 50.4 Å². The number of nitrogens with one attached hydrogen (secondary N) is 1. The smallest absolute Gasteiger partial charge is 0.246 e. The lowest BCUT2D eigenvalue weighted by atomic mass is 9.87. The number of para-hydroxylation sites is 2. The highest BCUT2D eigenvalue weighted by molar-refractivity contribution is 6.05. The second kappa shape index (κ2) is 7.66. The third kappa shape index (κ3) is 4.19. The number of likely N-dealkylation sites (N-methyl/N-ethyl adjacent to an activating group) is 1. The fourth-order valence-corrected chi connectivity index (χ4v) is 3.55. The van der Waals surface area contributed by atoms with Crippen LogP contribution >= 0.6 is 0 Å². The van der Waals surface area contributed by atoms with Crippen molar-refractivity contribution in [3.05, 3.63) is 54.1 Å². The molecule has 0 aliphatic carbocycles. The first-order valence-electron chi connectivity index (χ1n) is 9.69. The Bertz CT molecular complexity index is 868. The largest absolute Gasteiger partial charge is 0.365 e. The van der Waals surface area contributed by atoms with Crippen LogP contribution in [0.4, 0.5) is 17.1 Å². The molecule has 2 aromatic rings. The number of fused-ring (bicyclic) bond motifs is 1. The van der Waals surface area contributed by atoms with Gasteiger partial charge >= 0.3 is 0 Å². The zero-order valence-corrected chi connectivity index (χ0v) is 17.3. The Balaban J connectivity index is 1.81. The molecule has 0 saturated heterocycles. The van der Waals surface area contributed by atoms with Crippen LogP contribution in [0.3, 0.4) is 0 Å². The van der Waals surface area contributed by atoms with Gasteiger partial charge in [0.05, 0.1) is 17.9 Å². The molecule has 2 aromatic carbocycles. The second-order valence-electron chi connectivity index (χ2n) is 8.54. The molecule has 0 radical (unpaired) electrons. The lowest BCUT2D eigenvalue weighted by Crippen LogP contribution is -2.44. The Labute approximate surface area is 167 Å². The van der Waals surface area contributed by atoms with Gasteiger partial charge in [-0.2, -0.15) is 0 Å². The topological polar surface area (TPSA) is 52.7 Å². The third-order valence-corrected chi connectivity index (χ3v) is 5.17. The number of nitrogens with zero attached hydrogens (tertiary/aromatic N) is 2. The molecule has 28 heavy (non-hydrogen) atoms. The number of rotatable bonds is 3. The van der Waals surface area contributed by atoms with Gasteiger partial charge in [-0.1, -0.05) is 45.0 Å². The maximum atomic E-state index is 13.2. The van der Waals surface area contributed by atoms with Crippen LogP contribution in [0.1, 0.15) is 39.7 Å². The van der Waals surface area contributed by atoms with Gasteiger partial charge in [-0.15, -0.1) is 0 Å². The number of hydrogen-bond donors (Lipinski definition) is 1. The number of anilines is 3. The molecule has 0 aromatic heterocycles. The van der Waals surface area contributed by atoms with Crippen LogP contribution in [-0.4, -0.2) is 31.4 Å². The summed E-state index contributed by atoms with van der Waals surface area (Å²) in [6, 6.07) is 15.6. The highest BCUT2D eigenvalue weighted by Crippen LogP contribution is 2.31. The quantitative estimate of drug-likeness (QED) is 0.870. The molecule has 1 N–H and O–H groups in total. The Morgan fingerprint density at radius 3 is 2.43 bits per heavy atom. The van der Waals surface area contributed by atoms with Crippen LogP contribution in [-0.2, 0) is 15.0 Å². The Hall–Kier alpha value is -2.82. The maximum Gasteiger partial charge on any atom is 0.246 e. The van der Waals surface area contributed by atoms with Gasteiger partial charge in [0.2, 0.25) is 11.8 Å². The van der Waals surface area contributed by atoms with Gasteiger partial charge in [0.15, 0.2) is 0 Å². The van der Waals surface area contributed by atoms with Crippen molar-refractivity contribution in [3.8, 4) is 0 Å². The molecule has 1 aliphatic rings. The number of carbonyl (C=O) groups is 2. The monoisotopic (exact) mass is 379 g/mol. The van der Waals surface area contributed by atoms with E-state index in [4.69, 9.17) is 0 Å². The van der Waals surface area contributed by atoms with Gasteiger partial charge in [0.25, 0.3) is 0 Å². The van der Waals surface area contributed by atoms with Crippen LogP contribution in [0.15, 0.2) is 48.5 Å². The summed E-state index contributed by atoms with van der Waals surface area (Å²) in [5.74, 6) is -0.0970. The molecule has 0 spiro atoms. The van der Waals surface area contributed by atoms with Crippen molar-refractivity contribution < 1.29 is 9.59 Å². The van der Waals surface area contributed by atoms with Crippen molar-refractivity contribution in [2.24, 2.45) is 0 Å². The summed E-state index contributed by atoms with van der Waals surface area (Å²) in [6.07, 6.45) is 0.282. The van der Waals surface area contributed by atoms with E-state index < -0.39 is 0 Å². The molecule has 3 rings (SSSR count). The third-order valence-electron chi connectivity index (χ3n) is 5.17. The minimum Gasteiger partial charge on any atom is -0.365 e. The van der Waals surface area contributed by atoms with E-state index in [9.17, 15) is 9.59 Å². The van der Waals surface area contributed by atoms with E-state index in [-0.39, 0.29) is 36.2 Å². The summed E-state index contributed by atoms with van der Waals surface area (Å²) in [4.78, 5) is 29.0. The minimum atomic E-state index is -0.201. The lowest BCUT2D eigenvalue weighted by Gasteiger charge is -2.30. The zero-order valence-electron chi connectivity index (χ0n) is 17.3.